The number of benzene rings is 1. The molecule has 0 saturated heterocycles. The summed E-state index contributed by atoms with van der Waals surface area (Å²) in [5.41, 5.74) is 17.7. The normalized spacial score (nSPS) is 10.3. The molecule has 0 aliphatic rings. The highest BCUT2D eigenvalue weighted by atomic mass is 16.5. The Morgan fingerprint density at radius 2 is 1.52 bits per heavy atom. The summed E-state index contributed by atoms with van der Waals surface area (Å²) in [5.74, 6) is 0.923. The first-order valence-corrected chi connectivity index (χ1v) is 10.1. The number of nitrogens with zero attached hydrogens (tertiary/aromatic N) is 2. The van der Waals surface area contributed by atoms with Crippen molar-refractivity contribution in [1.29, 1.82) is 0 Å². The van der Waals surface area contributed by atoms with E-state index in [4.69, 9.17) is 21.9 Å². The number of nitrogen functional groups attached to an aromatic ring is 2. The molecule has 1 aromatic heterocycles. The first-order chi connectivity index (χ1) is 13.2. The molecule has 0 unspecified atom stereocenters. The van der Waals surface area contributed by atoms with E-state index in [-0.39, 0.29) is 0 Å². The molecular formula is C21H37N5O. The molecule has 1 heterocycles. The van der Waals surface area contributed by atoms with E-state index in [1.54, 1.807) is 17.1 Å². The van der Waals surface area contributed by atoms with Crippen LogP contribution in [0.4, 0.5) is 11.4 Å². The van der Waals surface area contributed by atoms with Crippen molar-refractivity contribution < 1.29 is 4.74 Å². The standard InChI is InChI=1S/C16H27NO.C5H10N4/c1-2-3-4-5-6-7-8-9-14-18-16-12-10-15(17)11-13-16;6-1-2-9-4-5(7)3-8-9/h10-13H,2-9,14,17H2,1H3;3-4H,1-2,6-7H2. The summed E-state index contributed by atoms with van der Waals surface area (Å²) in [4.78, 5) is 0. The van der Waals surface area contributed by atoms with Gasteiger partial charge in [0.05, 0.1) is 25.0 Å². The zero-order chi connectivity index (χ0) is 19.7. The summed E-state index contributed by atoms with van der Waals surface area (Å²) in [5, 5.41) is 3.92. The molecule has 6 heteroatoms. The Bertz CT molecular complexity index is 583. The molecule has 2 rings (SSSR count). The second-order valence-corrected chi connectivity index (χ2v) is 6.72. The van der Waals surface area contributed by atoms with Crippen molar-refractivity contribution in [2.75, 3.05) is 24.6 Å². The van der Waals surface area contributed by atoms with E-state index in [2.05, 4.69) is 12.0 Å². The maximum atomic E-state index is 5.65. The molecule has 1 aromatic carbocycles. The second-order valence-electron chi connectivity index (χ2n) is 6.72. The predicted molar refractivity (Wildman–Crippen MR) is 115 cm³/mol. The molecule has 0 spiro atoms. The van der Waals surface area contributed by atoms with Gasteiger partial charge in [0.2, 0.25) is 0 Å². The lowest BCUT2D eigenvalue weighted by molar-refractivity contribution is 0.304. The molecule has 0 atom stereocenters. The van der Waals surface area contributed by atoms with Gasteiger partial charge in [0.1, 0.15) is 5.75 Å². The number of hydrogen-bond donors (Lipinski definition) is 3. The van der Waals surface area contributed by atoms with Crippen molar-refractivity contribution in [1.82, 2.24) is 9.78 Å². The van der Waals surface area contributed by atoms with Crippen LogP contribution in [0.25, 0.3) is 0 Å². The monoisotopic (exact) mass is 375 g/mol. The van der Waals surface area contributed by atoms with Crippen molar-refractivity contribution in [2.45, 2.75) is 64.8 Å². The van der Waals surface area contributed by atoms with Gasteiger partial charge in [0, 0.05) is 18.4 Å². The van der Waals surface area contributed by atoms with Crippen LogP contribution in [-0.4, -0.2) is 22.9 Å². The quantitative estimate of drug-likeness (QED) is 0.381. The number of aromatic nitrogens is 2. The van der Waals surface area contributed by atoms with Crippen LogP contribution < -0.4 is 21.9 Å². The molecule has 27 heavy (non-hydrogen) atoms. The van der Waals surface area contributed by atoms with Gasteiger partial charge in [-0.25, -0.2) is 0 Å². The van der Waals surface area contributed by atoms with E-state index in [9.17, 15) is 0 Å². The first kappa shape index (κ1) is 22.8. The molecule has 6 nitrogen and oxygen atoms in total. The minimum atomic E-state index is 0.598. The zero-order valence-corrected chi connectivity index (χ0v) is 16.8. The molecule has 0 fully saturated rings. The molecule has 6 N–H and O–H groups in total. The third-order valence-electron chi connectivity index (χ3n) is 4.16. The highest BCUT2D eigenvalue weighted by Crippen LogP contribution is 2.14. The van der Waals surface area contributed by atoms with Crippen LogP contribution in [0.2, 0.25) is 0 Å². The van der Waals surface area contributed by atoms with Crippen molar-refractivity contribution in [2.24, 2.45) is 5.73 Å². The Morgan fingerprint density at radius 3 is 2.07 bits per heavy atom. The molecule has 0 radical (unpaired) electrons. The largest absolute Gasteiger partial charge is 0.494 e. The van der Waals surface area contributed by atoms with E-state index in [1.807, 2.05) is 24.3 Å². The van der Waals surface area contributed by atoms with Gasteiger partial charge in [-0.1, -0.05) is 51.9 Å². The summed E-state index contributed by atoms with van der Waals surface area (Å²) >= 11 is 0. The maximum absolute atomic E-state index is 5.65. The van der Waals surface area contributed by atoms with Crippen LogP contribution in [0.3, 0.4) is 0 Å². The molecule has 152 valence electrons. The lowest BCUT2D eigenvalue weighted by Gasteiger charge is -2.06. The molecule has 0 amide bonds. The number of rotatable bonds is 12. The SMILES string of the molecule is CCCCCCCCCCOc1ccc(N)cc1.NCCn1cc(N)cn1. The van der Waals surface area contributed by atoms with Gasteiger partial charge in [-0.15, -0.1) is 0 Å². The number of anilines is 2. The van der Waals surface area contributed by atoms with E-state index in [0.29, 0.717) is 12.2 Å². The molecule has 0 aliphatic carbocycles. The Kier molecular flexibility index (Phi) is 12.6. The first-order valence-electron chi connectivity index (χ1n) is 10.1. The fourth-order valence-corrected chi connectivity index (χ4v) is 2.62. The van der Waals surface area contributed by atoms with Gasteiger partial charge < -0.3 is 21.9 Å². The van der Waals surface area contributed by atoms with Gasteiger partial charge in [0.15, 0.2) is 0 Å². The minimum Gasteiger partial charge on any atom is -0.494 e. The lowest BCUT2D eigenvalue weighted by atomic mass is 10.1. The predicted octanol–water partition coefficient (Wildman–Crippen LogP) is 4.21. The van der Waals surface area contributed by atoms with E-state index < -0.39 is 0 Å². The van der Waals surface area contributed by atoms with Crippen LogP contribution in [0.1, 0.15) is 58.3 Å². The van der Waals surface area contributed by atoms with Gasteiger partial charge in [0.25, 0.3) is 0 Å². The number of unbranched alkanes of at least 4 members (excludes halogenated alkanes) is 7. The Balaban J connectivity index is 0.000000337. The van der Waals surface area contributed by atoms with Crippen LogP contribution in [0, 0.1) is 0 Å². The smallest absolute Gasteiger partial charge is 0.119 e. The summed E-state index contributed by atoms with van der Waals surface area (Å²) in [7, 11) is 0. The Morgan fingerprint density at radius 1 is 0.889 bits per heavy atom. The molecule has 0 saturated carbocycles. The average molecular weight is 376 g/mol. The number of hydrogen-bond acceptors (Lipinski definition) is 5. The topological polar surface area (TPSA) is 105 Å². The second kappa shape index (κ2) is 14.9. The third-order valence-corrected chi connectivity index (χ3v) is 4.16. The van der Waals surface area contributed by atoms with Crippen LogP contribution in [0.15, 0.2) is 36.7 Å². The Labute approximate surface area is 164 Å². The zero-order valence-electron chi connectivity index (χ0n) is 16.8. The maximum Gasteiger partial charge on any atom is 0.119 e. The van der Waals surface area contributed by atoms with Gasteiger partial charge in [-0.3, -0.25) is 4.68 Å². The van der Waals surface area contributed by atoms with Gasteiger partial charge in [-0.05, 0) is 30.7 Å². The van der Waals surface area contributed by atoms with Gasteiger partial charge in [-0.2, -0.15) is 5.10 Å². The molecule has 2 aromatic rings. The summed E-state index contributed by atoms with van der Waals surface area (Å²) in [6.07, 6.45) is 14.0. The minimum absolute atomic E-state index is 0.598. The van der Waals surface area contributed by atoms with Crippen molar-refractivity contribution >= 4 is 11.4 Å². The third kappa shape index (κ3) is 11.9. The molecular weight excluding hydrogens is 338 g/mol. The van der Waals surface area contributed by atoms with E-state index >= 15 is 0 Å². The summed E-state index contributed by atoms with van der Waals surface area (Å²) in [6.45, 7) is 4.41. The van der Waals surface area contributed by atoms with Crippen molar-refractivity contribution in [3.05, 3.63) is 36.7 Å². The van der Waals surface area contributed by atoms with Gasteiger partial charge >= 0.3 is 0 Å². The van der Waals surface area contributed by atoms with Crippen LogP contribution >= 0.6 is 0 Å². The van der Waals surface area contributed by atoms with Crippen LogP contribution in [0.5, 0.6) is 5.75 Å². The number of ether oxygens (including phenoxy) is 1. The van der Waals surface area contributed by atoms with E-state index in [1.165, 1.54) is 44.9 Å². The van der Waals surface area contributed by atoms with Crippen LogP contribution in [-0.2, 0) is 6.54 Å². The van der Waals surface area contributed by atoms with Crippen molar-refractivity contribution in [3.63, 3.8) is 0 Å². The lowest BCUT2D eigenvalue weighted by Crippen LogP contribution is -2.09. The highest BCUT2D eigenvalue weighted by Gasteiger charge is 1.94. The highest BCUT2D eigenvalue weighted by molar-refractivity contribution is 5.41. The van der Waals surface area contributed by atoms with Crippen molar-refractivity contribution in [3.8, 4) is 5.75 Å². The molecule has 0 aliphatic heterocycles. The molecule has 0 bridgehead atoms. The summed E-state index contributed by atoms with van der Waals surface area (Å²) in [6, 6.07) is 7.62. The van der Waals surface area contributed by atoms with E-state index in [0.717, 1.165) is 31.0 Å². The fraction of sp³-hybridized carbons (Fsp3) is 0.571. The fourth-order valence-electron chi connectivity index (χ4n) is 2.62. The summed E-state index contributed by atoms with van der Waals surface area (Å²) < 4.78 is 7.37. The number of nitrogens with two attached hydrogens (primary N) is 3. The average Bonchev–Trinajstić information content (AvgIpc) is 3.08. The Hall–Kier alpha value is -2.21.